The molecular formula is C20H12BrIN2O8. The molecule has 2 aromatic rings. The lowest BCUT2D eigenvalue weighted by Crippen LogP contribution is -2.54. The molecule has 164 valence electrons. The maximum Gasteiger partial charge on any atom is 0.341 e. The topological polar surface area (TPSA) is 131 Å². The molecule has 4 rings (SSSR count). The highest BCUT2D eigenvalue weighted by Crippen LogP contribution is 2.37. The number of carbonyl (C=O) groups is 4. The first-order valence-electron chi connectivity index (χ1n) is 8.89. The van der Waals surface area contributed by atoms with Gasteiger partial charge in [0, 0.05) is 6.07 Å². The molecule has 0 bridgehead atoms. The van der Waals surface area contributed by atoms with Crippen LogP contribution in [0.3, 0.4) is 0 Å². The molecule has 2 aliphatic rings. The fraction of sp³-hybridized carbons (Fsp3) is 0.100. The van der Waals surface area contributed by atoms with Crippen molar-refractivity contribution in [1.82, 2.24) is 5.32 Å². The van der Waals surface area contributed by atoms with Gasteiger partial charge in [-0.1, -0.05) is 0 Å². The van der Waals surface area contributed by atoms with Crippen molar-refractivity contribution in [2.45, 2.75) is 0 Å². The number of anilines is 1. The first-order chi connectivity index (χ1) is 15.2. The Bertz CT molecular complexity index is 1190. The van der Waals surface area contributed by atoms with Crippen LogP contribution in [0, 0.1) is 3.57 Å². The lowest BCUT2D eigenvalue weighted by molar-refractivity contribution is -0.139. The van der Waals surface area contributed by atoms with Crippen molar-refractivity contribution in [3.8, 4) is 17.2 Å². The lowest BCUT2D eigenvalue weighted by Gasteiger charge is -2.26. The van der Waals surface area contributed by atoms with E-state index in [1.165, 1.54) is 18.2 Å². The Morgan fingerprint density at radius 3 is 2.69 bits per heavy atom. The number of carboxylic acids is 1. The second-order valence-corrected chi connectivity index (χ2v) is 8.51. The number of hydrogen-bond donors (Lipinski definition) is 2. The van der Waals surface area contributed by atoms with Gasteiger partial charge in [-0.3, -0.25) is 14.9 Å². The van der Waals surface area contributed by atoms with Gasteiger partial charge >= 0.3 is 12.0 Å². The van der Waals surface area contributed by atoms with Crippen molar-refractivity contribution in [2.75, 3.05) is 18.3 Å². The summed E-state index contributed by atoms with van der Waals surface area (Å²) in [5.74, 6) is -1.61. The van der Waals surface area contributed by atoms with E-state index in [0.29, 0.717) is 30.9 Å². The summed E-state index contributed by atoms with van der Waals surface area (Å²) in [4.78, 5) is 49.4. The number of imide groups is 2. The Morgan fingerprint density at radius 1 is 1.22 bits per heavy atom. The molecule has 0 saturated carbocycles. The number of nitrogens with one attached hydrogen (secondary N) is 1. The molecule has 1 fully saturated rings. The number of urea groups is 1. The molecule has 2 N–H and O–H groups in total. The van der Waals surface area contributed by atoms with E-state index >= 15 is 0 Å². The number of carbonyl (C=O) groups excluding carboxylic acids is 3. The molecule has 0 atom stereocenters. The van der Waals surface area contributed by atoms with E-state index in [-0.39, 0.29) is 18.1 Å². The van der Waals surface area contributed by atoms with Crippen LogP contribution in [0.2, 0.25) is 0 Å². The van der Waals surface area contributed by atoms with Crippen LogP contribution in [-0.2, 0) is 14.4 Å². The number of benzene rings is 2. The van der Waals surface area contributed by atoms with Crippen molar-refractivity contribution in [3.63, 3.8) is 0 Å². The summed E-state index contributed by atoms with van der Waals surface area (Å²) < 4.78 is 16.8. The number of nitrogens with zero attached hydrogens (tertiary/aromatic N) is 1. The average Bonchev–Trinajstić information content (AvgIpc) is 3.18. The van der Waals surface area contributed by atoms with E-state index in [0.717, 1.165) is 4.90 Å². The summed E-state index contributed by atoms with van der Waals surface area (Å²) in [6.07, 6.45) is 1.33. The first-order valence-corrected chi connectivity index (χ1v) is 10.8. The zero-order valence-electron chi connectivity index (χ0n) is 15.9. The Labute approximate surface area is 202 Å². The third-order valence-corrected chi connectivity index (χ3v) is 5.78. The summed E-state index contributed by atoms with van der Waals surface area (Å²) in [5.41, 5.74) is 0.412. The van der Waals surface area contributed by atoms with Crippen LogP contribution in [-0.4, -0.2) is 42.3 Å². The van der Waals surface area contributed by atoms with E-state index in [1.54, 1.807) is 18.2 Å². The van der Waals surface area contributed by atoms with Gasteiger partial charge < -0.3 is 19.3 Å². The summed E-state index contributed by atoms with van der Waals surface area (Å²) in [6, 6.07) is 6.83. The van der Waals surface area contributed by atoms with Crippen LogP contribution in [0.5, 0.6) is 17.2 Å². The molecule has 0 aliphatic carbocycles. The van der Waals surface area contributed by atoms with E-state index in [2.05, 4.69) is 21.2 Å². The molecule has 0 unspecified atom stereocenters. The second-order valence-electron chi connectivity index (χ2n) is 6.49. The highest BCUT2D eigenvalue weighted by molar-refractivity contribution is 14.1. The number of halogens is 2. The van der Waals surface area contributed by atoms with Gasteiger partial charge in [0.05, 0.1) is 13.7 Å². The Kier molecular flexibility index (Phi) is 6.06. The summed E-state index contributed by atoms with van der Waals surface area (Å²) in [5, 5.41) is 10.9. The van der Waals surface area contributed by atoms with E-state index in [1.807, 2.05) is 22.6 Å². The largest absolute Gasteiger partial charge is 0.480 e. The third kappa shape index (κ3) is 4.27. The molecule has 0 radical (unpaired) electrons. The molecule has 4 amide bonds. The molecule has 1 saturated heterocycles. The number of carboxylic acid groups (broad SMARTS) is 1. The molecule has 0 aromatic heterocycles. The summed E-state index contributed by atoms with van der Waals surface area (Å²) in [6.45, 7) is -0.495. The van der Waals surface area contributed by atoms with Crippen molar-refractivity contribution < 1.29 is 38.5 Å². The zero-order chi connectivity index (χ0) is 23.0. The van der Waals surface area contributed by atoms with Gasteiger partial charge in [-0.2, -0.15) is 0 Å². The number of rotatable bonds is 5. The van der Waals surface area contributed by atoms with Crippen LogP contribution in [0.15, 0.2) is 40.4 Å². The first kappa shape index (κ1) is 22.1. The quantitative estimate of drug-likeness (QED) is 0.299. The molecule has 2 heterocycles. The van der Waals surface area contributed by atoms with Gasteiger partial charge in [0.1, 0.15) is 11.3 Å². The van der Waals surface area contributed by atoms with E-state index in [4.69, 9.17) is 19.3 Å². The number of ether oxygens (including phenoxy) is 3. The lowest BCUT2D eigenvalue weighted by atomic mass is 10.1. The minimum atomic E-state index is -1.13. The summed E-state index contributed by atoms with van der Waals surface area (Å²) in [7, 11) is 0. The number of aliphatic carboxylic acids is 1. The predicted octanol–water partition coefficient (Wildman–Crippen LogP) is 2.91. The van der Waals surface area contributed by atoms with E-state index < -0.39 is 30.4 Å². The minimum absolute atomic E-state index is 0.0300. The van der Waals surface area contributed by atoms with Gasteiger partial charge in [0.25, 0.3) is 11.8 Å². The van der Waals surface area contributed by atoms with Crippen molar-refractivity contribution in [2.24, 2.45) is 0 Å². The van der Waals surface area contributed by atoms with Crippen LogP contribution in [0.4, 0.5) is 10.5 Å². The monoisotopic (exact) mass is 614 g/mol. The van der Waals surface area contributed by atoms with Crippen molar-refractivity contribution >= 4 is 74.1 Å². The van der Waals surface area contributed by atoms with Gasteiger partial charge in [0.15, 0.2) is 18.1 Å². The number of fused-ring (bicyclic) bond motifs is 1. The molecule has 12 heteroatoms. The van der Waals surface area contributed by atoms with Crippen molar-refractivity contribution in [3.05, 3.63) is 49.5 Å². The fourth-order valence-corrected chi connectivity index (χ4v) is 4.79. The highest BCUT2D eigenvalue weighted by Gasteiger charge is 2.37. The maximum atomic E-state index is 13.1. The van der Waals surface area contributed by atoms with Gasteiger partial charge in [-0.05, 0) is 74.4 Å². The third-order valence-electron chi connectivity index (χ3n) is 4.39. The Balaban J connectivity index is 1.67. The Hall–Kier alpha value is -3.13. The normalized spacial score (nSPS) is 16.4. The average molecular weight is 615 g/mol. The zero-order valence-corrected chi connectivity index (χ0v) is 19.6. The molecule has 10 nitrogen and oxygen atoms in total. The number of amides is 4. The standard InChI is InChI=1S/C20H12BrIN2O8/c21-12-4-9(5-13(22)17(12)30-7-16(25)26)3-11-18(27)23-20(29)24(19(11)28)10-1-2-14-15(6-10)32-8-31-14/h1-6H,7-8H2,(H,25,26)(H,23,27,29)/b11-3+. The van der Waals surface area contributed by atoms with Gasteiger partial charge in [0.2, 0.25) is 6.79 Å². The van der Waals surface area contributed by atoms with Crippen LogP contribution >= 0.6 is 38.5 Å². The molecule has 0 spiro atoms. The summed E-state index contributed by atoms with van der Waals surface area (Å²) >= 11 is 5.25. The predicted molar refractivity (Wildman–Crippen MR) is 122 cm³/mol. The molecule has 32 heavy (non-hydrogen) atoms. The SMILES string of the molecule is O=C(O)COc1c(Br)cc(/C=C2\C(=O)NC(=O)N(c3ccc4c(c3)OCO4)C2=O)cc1I. The number of barbiturate groups is 1. The molecule has 2 aromatic carbocycles. The molecular weight excluding hydrogens is 603 g/mol. The number of hydrogen-bond acceptors (Lipinski definition) is 7. The highest BCUT2D eigenvalue weighted by atomic mass is 127. The smallest absolute Gasteiger partial charge is 0.341 e. The van der Waals surface area contributed by atoms with Gasteiger partial charge in [-0.25, -0.2) is 14.5 Å². The van der Waals surface area contributed by atoms with Gasteiger partial charge in [-0.15, -0.1) is 0 Å². The van der Waals surface area contributed by atoms with Crippen molar-refractivity contribution in [1.29, 1.82) is 0 Å². The van der Waals surface area contributed by atoms with E-state index in [9.17, 15) is 19.2 Å². The fourth-order valence-electron chi connectivity index (χ4n) is 3.02. The Morgan fingerprint density at radius 2 is 1.97 bits per heavy atom. The van der Waals surface area contributed by atoms with Crippen LogP contribution in [0.25, 0.3) is 6.08 Å². The second kappa shape index (κ2) is 8.78. The van der Waals surface area contributed by atoms with Crippen LogP contribution in [0.1, 0.15) is 5.56 Å². The molecule has 2 aliphatic heterocycles. The minimum Gasteiger partial charge on any atom is -0.480 e. The maximum absolute atomic E-state index is 13.1. The van der Waals surface area contributed by atoms with Crippen LogP contribution < -0.4 is 24.4 Å².